The molecule has 0 spiro atoms. The molecule has 0 saturated heterocycles. The Labute approximate surface area is 112 Å². The number of para-hydroxylation sites is 1. The summed E-state index contributed by atoms with van der Waals surface area (Å²) in [5, 5.41) is 0. The maximum atomic E-state index is 12.6. The van der Waals surface area contributed by atoms with Crippen LogP contribution in [0, 0.1) is 5.92 Å². The van der Waals surface area contributed by atoms with E-state index in [0.29, 0.717) is 12.8 Å². The molecule has 2 aliphatic rings. The third-order valence-electron chi connectivity index (χ3n) is 4.58. The normalized spacial score (nSPS) is 28.8. The van der Waals surface area contributed by atoms with Crippen LogP contribution in [0.3, 0.4) is 0 Å². The van der Waals surface area contributed by atoms with Crippen molar-refractivity contribution in [3.8, 4) is 0 Å². The van der Waals surface area contributed by atoms with E-state index in [0.717, 1.165) is 11.3 Å². The Morgan fingerprint density at radius 3 is 2.79 bits per heavy atom. The zero-order valence-electron chi connectivity index (χ0n) is 11.2. The number of fused-ring (bicyclic) bond motifs is 3. The van der Waals surface area contributed by atoms with Gasteiger partial charge in [0.1, 0.15) is 5.78 Å². The number of Topliss-reactive ketones (excluding diaryl/α,β-unsaturated/α-hetero) is 1. The van der Waals surface area contributed by atoms with Crippen LogP contribution >= 0.6 is 0 Å². The van der Waals surface area contributed by atoms with Crippen molar-refractivity contribution in [2.75, 3.05) is 11.9 Å². The lowest BCUT2D eigenvalue weighted by atomic mass is 9.60. The summed E-state index contributed by atoms with van der Waals surface area (Å²) < 4.78 is 0. The van der Waals surface area contributed by atoms with Crippen molar-refractivity contribution in [1.82, 2.24) is 0 Å². The Balaban J connectivity index is 2.32. The number of carbonyl (C=O) groups excluding carboxylic acids is 2. The molecule has 1 aromatic carbocycles. The van der Waals surface area contributed by atoms with Crippen LogP contribution in [0.2, 0.25) is 0 Å². The van der Waals surface area contributed by atoms with Crippen LogP contribution in [-0.4, -0.2) is 18.7 Å². The molecule has 3 rings (SSSR count). The molecular weight excluding hydrogens is 238 g/mol. The second-order valence-electron chi connectivity index (χ2n) is 5.41. The maximum Gasteiger partial charge on any atom is 0.231 e. The second kappa shape index (κ2) is 4.05. The minimum atomic E-state index is -0.658. The molecule has 0 saturated carbocycles. The van der Waals surface area contributed by atoms with Gasteiger partial charge in [0, 0.05) is 12.7 Å². The van der Waals surface area contributed by atoms with Gasteiger partial charge in [-0.1, -0.05) is 30.4 Å². The molecule has 1 aliphatic carbocycles. The molecule has 3 heteroatoms. The SMILES string of the molecule is CC(=O)[C@@]12CC=CC[C@@H]1C(=O)N(C)c1ccccc12. The summed E-state index contributed by atoms with van der Waals surface area (Å²) in [7, 11) is 1.80. The van der Waals surface area contributed by atoms with Crippen LogP contribution in [0.5, 0.6) is 0 Å². The fraction of sp³-hybridized carbons (Fsp3) is 0.375. The molecule has 1 aliphatic heterocycles. The van der Waals surface area contributed by atoms with Crippen LogP contribution in [0.1, 0.15) is 25.3 Å². The van der Waals surface area contributed by atoms with E-state index in [9.17, 15) is 9.59 Å². The average Bonchev–Trinajstić information content (AvgIpc) is 2.44. The van der Waals surface area contributed by atoms with Gasteiger partial charge < -0.3 is 4.90 Å². The predicted molar refractivity (Wildman–Crippen MR) is 74.1 cm³/mol. The number of allylic oxidation sites excluding steroid dienone is 2. The van der Waals surface area contributed by atoms with Crippen LogP contribution in [0.15, 0.2) is 36.4 Å². The Bertz CT molecular complexity index is 590. The number of amides is 1. The first-order chi connectivity index (χ1) is 9.09. The number of hydrogen-bond donors (Lipinski definition) is 0. The van der Waals surface area contributed by atoms with Gasteiger partial charge in [0.2, 0.25) is 5.91 Å². The molecule has 0 unspecified atom stereocenters. The summed E-state index contributed by atoms with van der Waals surface area (Å²) in [5.74, 6) is -0.107. The molecular formula is C16H17NO2. The van der Waals surface area contributed by atoms with Crippen LogP contribution < -0.4 is 4.90 Å². The maximum absolute atomic E-state index is 12.6. The number of benzene rings is 1. The molecule has 19 heavy (non-hydrogen) atoms. The molecule has 2 atom stereocenters. The summed E-state index contributed by atoms with van der Waals surface area (Å²) in [5.41, 5.74) is 1.21. The summed E-state index contributed by atoms with van der Waals surface area (Å²) in [6, 6.07) is 7.77. The minimum Gasteiger partial charge on any atom is -0.315 e. The van der Waals surface area contributed by atoms with Crippen molar-refractivity contribution in [2.24, 2.45) is 5.92 Å². The molecule has 1 aromatic rings. The van der Waals surface area contributed by atoms with Gasteiger partial charge in [-0.2, -0.15) is 0 Å². The van der Waals surface area contributed by atoms with Crippen molar-refractivity contribution < 1.29 is 9.59 Å². The first kappa shape index (κ1) is 12.2. The standard InChI is InChI=1S/C16H17NO2/c1-11(18)16-10-6-5-8-13(16)15(19)17(2)14-9-4-3-7-12(14)16/h3-7,9,13H,8,10H2,1-2H3/t13-,16-/m1/s1. The minimum absolute atomic E-state index is 0.0539. The van der Waals surface area contributed by atoms with E-state index >= 15 is 0 Å². The zero-order valence-corrected chi connectivity index (χ0v) is 11.2. The highest BCUT2D eigenvalue weighted by Gasteiger charge is 2.53. The first-order valence-corrected chi connectivity index (χ1v) is 6.62. The van der Waals surface area contributed by atoms with Gasteiger partial charge in [-0.25, -0.2) is 0 Å². The Morgan fingerprint density at radius 2 is 2.05 bits per heavy atom. The van der Waals surface area contributed by atoms with Gasteiger partial charge in [-0.3, -0.25) is 9.59 Å². The summed E-state index contributed by atoms with van der Waals surface area (Å²) >= 11 is 0. The topological polar surface area (TPSA) is 37.4 Å². The Kier molecular flexibility index (Phi) is 2.59. The van der Waals surface area contributed by atoms with Gasteiger partial charge >= 0.3 is 0 Å². The molecule has 0 bridgehead atoms. The molecule has 0 N–H and O–H groups in total. The molecule has 0 aromatic heterocycles. The van der Waals surface area contributed by atoms with Gasteiger partial charge in [0.15, 0.2) is 0 Å². The van der Waals surface area contributed by atoms with E-state index in [2.05, 4.69) is 0 Å². The van der Waals surface area contributed by atoms with Crippen molar-refractivity contribution in [3.63, 3.8) is 0 Å². The third kappa shape index (κ3) is 1.44. The van der Waals surface area contributed by atoms with E-state index in [1.807, 2.05) is 36.4 Å². The Morgan fingerprint density at radius 1 is 1.32 bits per heavy atom. The first-order valence-electron chi connectivity index (χ1n) is 6.62. The second-order valence-corrected chi connectivity index (χ2v) is 5.41. The summed E-state index contributed by atoms with van der Waals surface area (Å²) in [6.45, 7) is 1.61. The lowest BCUT2D eigenvalue weighted by Crippen LogP contribution is -2.54. The highest BCUT2D eigenvalue weighted by atomic mass is 16.2. The molecule has 98 valence electrons. The number of hydrogen-bond acceptors (Lipinski definition) is 2. The lowest BCUT2D eigenvalue weighted by Gasteiger charge is -2.46. The summed E-state index contributed by atoms with van der Waals surface area (Å²) in [6.07, 6.45) is 5.33. The van der Waals surface area contributed by atoms with Gasteiger partial charge in [0.05, 0.1) is 11.3 Å². The molecule has 0 fully saturated rings. The quantitative estimate of drug-likeness (QED) is 0.723. The smallest absolute Gasteiger partial charge is 0.231 e. The highest BCUT2D eigenvalue weighted by molar-refractivity contribution is 6.06. The number of anilines is 1. The van der Waals surface area contributed by atoms with Crippen LogP contribution in [0.25, 0.3) is 0 Å². The van der Waals surface area contributed by atoms with Crippen molar-refractivity contribution >= 4 is 17.4 Å². The van der Waals surface area contributed by atoms with Crippen LogP contribution in [0.4, 0.5) is 5.69 Å². The highest BCUT2D eigenvalue weighted by Crippen LogP contribution is 2.49. The third-order valence-corrected chi connectivity index (χ3v) is 4.58. The lowest BCUT2D eigenvalue weighted by molar-refractivity contribution is -0.134. The van der Waals surface area contributed by atoms with E-state index in [1.54, 1.807) is 18.9 Å². The van der Waals surface area contributed by atoms with E-state index in [4.69, 9.17) is 0 Å². The zero-order chi connectivity index (χ0) is 13.6. The van der Waals surface area contributed by atoms with E-state index in [1.165, 1.54) is 0 Å². The fourth-order valence-corrected chi connectivity index (χ4v) is 3.53. The van der Waals surface area contributed by atoms with Gasteiger partial charge in [0.25, 0.3) is 0 Å². The number of rotatable bonds is 1. The predicted octanol–water partition coefficient (Wildman–Crippen LogP) is 2.46. The van der Waals surface area contributed by atoms with Crippen molar-refractivity contribution in [2.45, 2.75) is 25.2 Å². The van der Waals surface area contributed by atoms with Crippen molar-refractivity contribution in [1.29, 1.82) is 0 Å². The van der Waals surface area contributed by atoms with Crippen molar-refractivity contribution in [3.05, 3.63) is 42.0 Å². The number of ketones is 1. The summed E-state index contributed by atoms with van der Waals surface area (Å²) in [4.78, 5) is 26.6. The molecule has 1 heterocycles. The van der Waals surface area contributed by atoms with Gasteiger partial charge in [-0.15, -0.1) is 0 Å². The number of carbonyl (C=O) groups is 2. The molecule has 3 nitrogen and oxygen atoms in total. The molecule has 0 radical (unpaired) electrons. The Hall–Kier alpha value is -1.90. The monoisotopic (exact) mass is 255 g/mol. The number of nitrogens with zero attached hydrogens (tertiary/aromatic N) is 1. The van der Waals surface area contributed by atoms with Gasteiger partial charge in [-0.05, 0) is 31.4 Å². The fourth-order valence-electron chi connectivity index (χ4n) is 3.53. The van der Waals surface area contributed by atoms with E-state index in [-0.39, 0.29) is 17.6 Å². The van der Waals surface area contributed by atoms with Crippen LogP contribution in [-0.2, 0) is 15.0 Å². The largest absolute Gasteiger partial charge is 0.315 e. The average molecular weight is 255 g/mol. The molecule has 1 amide bonds. The van der Waals surface area contributed by atoms with E-state index < -0.39 is 5.41 Å².